The number of β-amino-alcohol motifs (C(OH)–C–C–N with tert-alkyl or cyclic N) is 1. The zero-order valence-electron chi connectivity index (χ0n) is 31.1. The number of aliphatic hydroxyl groups is 1. The van der Waals surface area contributed by atoms with Crippen molar-refractivity contribution in [1.29, 1.82) is 0 Å². The van der Waals surface area contributed by atoms with Crippen LogP contribution in [0.15, 0.2) is 25.3 Å². The van der Waals surface area contributed by atoms with Crippen LogP contribution in [0.25, 0.3) is 33.5 Å². The molecule has 0 aliphatic carbocycles. The third-order valence-corrected chi connectivity index (χ3v) is 10.7. The van der Waals surface area contributed by atoms with E-state index in [1.807, 2.05) is 42.0 Å². The molecule has 0 radical (unpaired) electrons. The number of carbonyl (C=O) groups is 2. The van der Waals surface area contributed by atoms with Crippen LogP contribution in [-0.4, -0.2) is 124 Å². The maximum atomic E-state index is 11.7. The number of aliphatic hydroxyl groups excluding tert-OH is 1. The van der Waals surface area contributed by atoms with E-state index in [1.54, 1.807) is 4.90 Å². The summed E-state index contributed by atoms with van der Waals surface area (Å²) >= 11 is 15.8. The van der Waals surface area contributed by atoms with Gasteiger partial charge < -0.3 is 35.2 Å². The number of likely N-dealkylation sites (tertiary alicyclic amines) is 2. The summed E-state index contributed by atoms with van der Waals surface area (Å²) in [4.78, 5) is 65.5. The second-order valence-electron chi connectivity index (χ2n) is 11.7. The number of halogens is 4. The van der Waals surface area contributed by atoms with Crippen molar-refractivity contribution in [3.05, 3.63) is 43.3 Å². The molecule has 0 bridgehead atoms. The Kier molecular flexibility index (Phi) is 16.8. The molecule has 284 valence electrons. The van der Waals surface area contributed by atoms with E-state index in [9.17, 15) is 9.59 Å². The van der Waals surface area contributed by atoms with E-state index in [2.05, 4.69) is 95.0 Å². The quantitative estimate of drug-likeness (QED) is 0.110. The number of ether oxygens (including phenoxy) is 1. The number of hydrogen-bond donors (Lipinski definition) is 2. The average molecular weight is 1020 g/mol. The van der Waals surface area contributed by atoms with Gasteiger partial charge in [0.25, 0.3) is 0 Å². The number of aryl methyl sites for hydroxylation is 2. The zero-order chi connectivity index (χ0) is 38.2. The van der Waals surface area contributed by atoms with Crippen LogP contribution in [0.3, 0.4) is 0 Å². The topological polar surface area (TPSA) is 212 Å². The Morgan fingerprint density at radius 2 is 1.39 bits per heavy atom. The standard InChI is InChI=1S/C13H16IN5O2.C7H13NO2.C6H4ClIN4.C5H3ClN4.Na.H/c1-3-9(20)19-5-4-8(6-19)21-12-10-11(15-7-16-12)18(2)13(14)17-10;1-2-7(10)8-4-3-6(9)5-8;1-12-5-3(11-6(12)8)4(7)9-2-10-5;6-4-3-5(9-1-7-3)10-2-8-4;;/h7-8H,3-6H2,1-2H3;6,9H,2-5H2,1H3;2H,1H3;1-2H,(H,7,8,9,10);;/q;;;;+1;-1/t8-;6-;;;;/m00..../s1. The van der Waals surface area contributed by atoms with E-state index in [1.165, 1.54) is 25.3 Å². The molecule has 6 aromatic rings. The molecule has 8 heterocycles. The van der Waals surface area contributed by atoms with Gasteiger partial charge in [-0.2, -0.15) is 4.98 Å². The summed E-state index contributed by atoms with van der Waals surface area (Å²) in [6.07, 6.45) is 8.16. The second kappa shape index (κ2) is 20.5. The number of H-pyrrole nitrogens is 1. The van der Waals surface area contributed by atoms with Gasteiger partial charge in [0, 0.05) is 98.2 Å². The molecule has 2 saturated heterocycles. The van der Waals surface area contributed by atoms with Crippen LogP contribution < -0.4 is 34.3 Å². The monoisotopic (exact) mass is 1020 g/mol. The predicted octanol–water partition coefficient (Wildman–Crippen LogP) is 1.09. The van der Waals surface area contributed by atoms with Gasteiger partial charge in [0.15, 0.2) is 40.4 Å². The Bertz CT molecular complexity index is 2210. The first-order valence-electron chi connectivity index (χ1n) is 16.4. The maximum Gasteiger partial charge on any atom is 1.00 e. The fourth-order valence-corrected chi connectivity index (χ4v) is 6.64. The molecule has 2 amide bonds. The fraction of sp³-hybridized carbons (Fsp3) is 0.452. The third kappa shape index (κ3) is 10.8. The van der Waals surface area contributed by atoms with Gasteiger partial charge in [0.05, 0.1) is 19.0 Å². The van der Waals surface area contributed by atoms with Gasteiger partial charge in [-0.15, -0.1) is 0 Å². The van der Waals surface area contributed by atoms with Crippen LogP contribution in [0.1, 0.15) is 41.0 Å². The van der Waals surface area contributed by atoms with Gasteiger partial charge in [-0.3, -0.25) is 9.59 Å². The van der Waals surface area contributed by atoms with Crippen molar-refractivity contribution >= 4 is 114 Å². The number of carbonyl (C=O) groups excluding carboxylic acids is 2. The Morgan fingerprint density at radius 3 is 1.98 bits per heavy atom. The van der Waals surface area contributed by atoms with Crippen molar-refractivity contribution in [2.24, 2.45) is 14.1 Å². The Balaban J connectivity index is 0.000000206. The molecule has 0 spiro atoms. The first kappa shape index (κ1) is 44.1. The van der Waals surface area contributed by atoms with Gasteiger partial charge in [-0.05, 0) is 6.42 Å². The minimum Gasteiger partial charge on any atom is -1.00 e. The molecule has 0 unspecified atom stereocenters. The van der Waals surface area contributed by atoms with Crippen molar-refractivity contribution in [3.8, 4) is 5.88 Å². The number of aromatic amines is 1. The van der Waals surface area contributed by atoms with Gasteiger partial charge in [-0.1, -0.05) is 37.0 Å². The predicted molar refractivity (Wildman–Crippen MR) is 214 cm³/mol. The number of nitrogens with zero attached hydrogens (tertiary/aromatic N) is 13. The first-order chi connectivity index (χ1) is 25.4. The summed E-state index contributed by atoms with van der Waals surface area (Å²) in [5, 5.41) is 9.86. The van der Waals surface area contributed by atoms with E-state index < -0.39 is 0 Å². The third-order valence-electron chi connectivity index (χ3n) is 8.20. The van der Waals surface area contributed by atoms with Gasteiger partial charge in [0.2, 0.25) is 17.7 Å². The number of imidazole rings is 3. The summed E-state index contributed by atoms with van der Waals surface area (Å²) < 4.78 is 11.4. The molecule has 54 heavy (non-hydrogen) atoms. The normalized spacial score (nSPS) is 16.2. The Morgan fingerprint density at radius 1 is 0.833 bits per heavy atom. The summed E-state index contributed by atoms with van der Waals surface area (Å²) in [5.74, 6) is 0.812. The van der Waals surface area contributed by atoms with Crippen LogP contribution >= 0.6 is 68.4 Å². The van der Waals surface area contributed by atoms with Crippen LogP contribution in [0.4, 0.5) is 0 Å². The molecule has 0 saturated carbocycles. The van der Waals surface area contributed by atoms with Crippen LogP contribution in [0.5, 0.6) is 5.88 Å². The number of aromatic nitrogens is 12. The number of rotatable bonds is 4. The van der Waals surface area contributed by atoms with Crippen LogP contribution in [0, 0.1) is 7.66 Å². The number of nitrogens with one attached hydrogen (secondary N) is 1. The zero-order valence-corrected chi connectivity index (χ0v) is 37.9. The molecule has 6 aromatic heterocycles. The van der Waals surface area contributed by atoms with E-state index in [-0.39, 0.29) is 55.0 Å². The van der Waals surface area contributed by atoms with Gasteiger partial charge >= 0.3 is 29.6 Å². The summed E-state index contributed by atoms with van der Waals surface area (Å²) in [7, 11) is 3.80. The van der Waals surface area contributed by atoms with Crippen LogP contribution in [-0.2, 0) is 23.7 Å². The molecule has 0 aromatic carbocycles. The Labute approximate surface area is 370 Å². The molecule has 2 aliphatic heterocycles. The summed E-state index contributed by atoms with van der Waals surface area (Å²) in [6.45, 7) is 6.33. The summed E-state index contributed by atoms with van der Waals surface area (Å²) in [6, 6.07) is 0. The molecule has 2 fully saturated rings. The minimum absolute atomic E-state index is 0. The van der Waals surface area contributed by atoms with E-state index in [0.29, 0.717) is 64.3 Å². The fourth-order valence-electron chi connectivity index (χ4n) is 5.34. The summed E-state index contributed by atoms with van der Waals surface area (Å²) in [5.41, 5.74) is 4.13. The minimum atomic E-state index is -0.282. The molecule has 2 atom stereocenters. The van der Waals surface area contributed by atoms with Crippen LogP contribution in [0.2, 0.25) is 10.3 Å². The van der Waals surface area contributed by atoms with E-state index in [0.717, 1.165) is 44.9 Å². The molecular weight excluding hydrogens is 980 g/mol. The van der Waals surface area contributed by atoms with Gasteiger partial charge in [-0.25, -0.2) is 39.9 Å². The number of fused-ring (bicyclic) bond motifs is 3. The SMILES string of the molecule is CCC(=O)N1CC[C@H](O)C1.CCC(=O)N1CC[C@H](Oc2ncnc3c2nc(I)n3C)C1.Clc1ncnc2nc[nH]c12.Cn1c(I)nc2c(Cl)ncnc21.[H-].[Na+]. The van der Waals surface area contributed by atoms with E-state index >= 15 is 0 Å². The van der Waals surface area contributed by atoms with E-state index in [4.69, 9.17) is 33.0 Å². The largest absolute Gasteiger partial charge is 1.00 e. The number of amides is 2. The molecule has 2 N–H and O–H groups in total. The second-order valence-corrected chi connectivity index (χ2v) is 14.3. The van der Waals surface area contributed by atoms with Crippen molar-refractivity contribution in [2.45, 2.75) is 51.7 Å². The molecule has 23 heteroatoms. The average Bonchev–Trinajstić information content (AvgIpc) is 4.01. The smallest absolute Gasteiger partial charge is 1.00 e. The van der Waals surface area contributed by atoms with Crippen molar-refractivity contribution < 1.29 is 50.4 Å². The van der Waals surface area contributed by atoms with Crippen molar-refractivity contribution in [1.82, 2.24) is 68.8 Å². The van der Waals surface area contributed by atoms with Crippen molar-refractivity contribution in [3.63, 3.8) is 0 Å². The molecular formula is C31H37Cl2I2N14NaO4. The maximum absolute atomic E-state index is 11.7. The first-order valence-corrected chi connectivity index (χ1v) is 19.3. The molecule has 18 nitrogen and oxygen atoms in total. The molecule has 2 aliphatic rings. The van der Waals surface area contributed by atoms with Crippen molar-refractivity contribution in [2.75, 3.05) is 26.2 Å². The number of hydrogen-bond acceptors (Lipinski definition) is 13. The Hall–Kier alpha value is -2.61. The molecule has 8 rings (SSSR count). The van der Waals surface area contributed by atoms with Gasteiger partial charge in [0.1, 0.15) is 36.1 Å².